The molecule has 0 aromatic carbocycles. The predicted molar refractivity (Wildman–Crippen MR) is 57.4 cm³/mol. The van der Waals surface area contributed by atoms with E-state index in [0.29, 0.717) is 0 Å². The molecular weight excluding hydrogens is 256 g/mol. The van der Waals surface area contributed by atoms with E-state index in [9.17, 15) is 18.4 Å². The van der Waals surface area contributed by atoms with Crippen molar-refractivity contribution in [3.63, 3.8) is 0 Å². The predicted octanol–water partition coefficient (Wildman–Crippen LogP) is 2.07. The van der Waals surface area contributed by atoms with E-state index in [0.717, 1.165) is 6.07 Å². The summed E-state index contributed by atoms with van der Waals surface area (Å²) in [6, 6.07) is 1.05. The highest BCUT2D eigenvalue weighted by molar-refractivity contribution is 6.30. The Morgan fingerprint density at radius 3 is 2.76 bits per heavy atom. The van der Waals surface area contributed by atoms with Crippen LogP contribution < -0.4 is 5.56 Å². The van der Waals surface area contributed by atoms with Crippen LogP contribution in [0.5, 0.6) is 0 Å². The highest BCUT2D eigenvalue weighted by atomic mass is 35.5. The Balaban J connectivity index is 3.08. The molecule has 0 aliphatic carbocycles. The van der Waals surface area contributed by atoms with Gasteiger partial charge < -0.3 is 9.72 Å². The molecule has 0 fully saturated rings. The standard InChI is InChI=1S/C10H10ClF2NO3/c1-2-17-7(15)4-5-3-6(11)10(16)14-8(5)9(12)13/h3,9H,2,4H2,1H3,(H,14,16). The van der Waals surface area contributed by atoms with Crippen LogP contribution in [-0.4, -0.2) is 17.6 Å². The molecule has 1 aromatic rings. The molecule has 0 amide bonds. The maximum atomic E-state index is 12.6. The Bertz CT molecular complexity index is 473. The number of rotatable bonds is 4. The fourth-order valence-corrected chi connectivity index (χ4v) is 1.45. The van der Waals surface area contributed by atoms with Gasteiger partial charge in [0.2, 0.25) is 0 Å². The van der Waals surface area contributed by atoms with E-state index in [1.165, 1.54) is 0 Å². The third-order valence-electron chi connectivity index (χ3n) is 1.97. The molecule has 0 spiro atoms. The van der Waals surface area contributed by atoms with E-state index in [4.69, 9.17) is 11.6 Å². The third kappa shape index (κ3) is 3.52. The van der Waals surface area contributed by atoms with E-state index in [-0.39, 0.29) is 23.6 Å². The van der Waals surface area contributed by atoms with Crippen LogP contribution in [0, 0.1) is 0 Å². The summed E-state index contributed by atoms with van der Waals surface area (Å²) >= 11 is 5.51. The highest BCUT2D eigenvalue weighted by Crippen LogP contribution is 2.21. The van der Waals surface area contributed by atoms with Gasteiger partial charge in [-0.25, -0.2) is 8.78 Å². The number of aromatic nitrogens is 1. The van der Waals surface area contributed by atoms with Crippen LogP contribution >= 0.6 is 11.6 Å². The first kappa shape index (κ1) is 13.6. The Hall–Kier alpha value is -1.43. The maximum absolute atomic E-state index is 12.6. The van der Waals surface area contributed by atoms with Gasteiger partial charge in [0.05, 0.1) is 18.7 Å². The van der Waals surface area contributed by atoms with Crippen molar-refractivity contribution in [2.75, 3.05) is 6.61 Å². The molecule has 1 aromatic heterocycles. The van der Waals surface area contributed by atoms with Crippen LogP contribution in [0.25, 0.3) is 0 Å². The first-order valence-corrected chi connectivity index (χ1v) is 5.18. The lowest BCUT2D eigenvalue weighted by atomic mass is 10.1. The lowest BCUT2D eigenvalue weighted by Gasteiger charge is -2.08. The number of nitrogens with one attached hydrogen (secondary N) is 1. The molecule has 94 valence electrons. The molecule has 1 N–H and O–H groups in total. The van der Waals surface area contributed by atoms with Gasteiger partial charge in [0.15, 0.2) is 0 Å². The lowest BCUT2D eigenvalue weighted by Crippen LogP contribution is -2.16. The van der Waals surface area contributed by atoms with Crippen molar-refractivity contribution in [1.29, 1.82) is 0 Å². The molecule has 0 aliphatic rings. The van der Waals surface area contributed by atoms with E-state index in [1.807, 2.05) is 4.98 Å². The molecule has 1 rings (SSSR count). The summed E-state index contributed by atoms with van der Waals surface area (Å²) in [5.41, 5.74) is -1.45. The Morgan fingerprint density at radius 1 is 1.59 bits per heavy atom. The normalized spacial score (nSPS) is 10.6. The summed E-state index contributed by atoms with van der Waals surface area (Å²) in [7, 11) is 0. The van der Waals surface area contributed by atoms with Crippen molar-refractivity contribution in [3.8, 4) is 0 Å². The highest BCUT2D eigenvalue weighted by Gasteiger charge is 2.18. The average molecular weight is 266 g/mol. The van der Waals surface area contributed by atoms with Gasteiger partial charge in [-0.3, -0.25) is 9.59 Å². The van der Waals surface area contributed by atoms with Crippen LogP contribution in [0.15, 0.2) is 10.9 Å². The van der Waals surface area contributed by atoms with Gasteiger partial charge in [-0.1, -0.05) is 11.6 Å². The van der Waals surface area contributed by atoms with Crippen molar-refractivity contribution in [2.45, 2.75) is 19.8 Å². The molecule has 0 atom stereocenters. The van der Waals surface area contributed by atoms with Gasteiger partial charge in [-0.2, -0.15) is 0 Å². The fraction of sp³-hybridized carbons (Fsp3) is 0.400. The third-order valence-corrected chi connectivity index (χ3v) is 2.25. The van der Waals surface area contributed by atoms with Crippen LogP contribution in [-0.2, 0) is 16.0 Å². The Morgan fingerprint density at radius 2 is 2.24 bits per heavy atom. The Labute approximate surface area is 101 Å². The number of H-pyrrole nitrogens is 1. The quantitative estimate of drug-likeness (QED) is 0.848. The number of ether oxygens (including phenoxy) is 1. The fourth-order valence-electron chi connectivity index (χ4n) is 1.27. The first-order chi connectivity index (χ1) is 7.95. The summed E-state index contributed by atoms with van der Waals surface area (Å²) in [5.74, 6) is -0.655. The number of pyridine rings is 1. The van der Waals surface area contributed by atoms with Crippen molar-refractivity contribution in [3.05, 3.63) is 32.7 Å². The number of alkyl halides is 2. The van der Waals surface area contributed by atoms with Gasteiger partial charge in [0, 0.05) is 0 Å². The zero-order valence-corrected chi connectivity index (χ0v) is 9.68. The molecule has 0 saturated carbocycles. The number of hydrogen-bond donors (Lipinski definition) is 1. The van der Waals surface area contributed by atoms with Gasteiger partial charge in [-0.05, 0) is 18.6 Å². The molecule has 0 aliphatic heterocycles. The molecule has 4 nitrogen and oxygen atoms in total. The van der Waals surface area contributed by atoms with Crippen molar-refractivity contribution in [1.82, 2.24) is 4.98 Å². The summed E-state index contributed by atoms with van der Waals surface area (Å²) in [6.45, 7) is 1.76. The second kappa shape index (κ2) is 5.77. The number of aromatic amines is 1. The van der Waals surface area contributed by atoms with Crippen LogP contribution in [0.2, 0.25) is 5.02 Å². The maximum Gasteiger partial charge on any atom is 0.310 e. The SMILES string of the molecule is CCOC(=O)Cc1cc(Cl)c(=O)[nH]c1C(F)F. The van der Waals surface area contributed by atoms with Crippen molar-refractivity contribution in [2.24, 2.45) is 0 Å². The zero-order chi connectivity index (χ0) is 13.0. The van der Waals surface area contributed by atoms with Crippen LogP contribution in [0.3, 0.4) is 0 Å². The Kier molecular flexibility index (Phi) is 4.62. The zero-order valence-electron chi connectivity index (χ0n) is 8.93. The largest absolute Gasteiger partial charge is 0.466 e. The minimum absolute atomic E-state index is 0.0388. The molecule has 0 saturated heterocycles. The summed E-state index contributed by atoms with van der Waals surface area (Å²) in [6.07, 6.45) is -3.24. The number of carbonyl (C=O) groups is 1. The minimum atomic E-state index is -2.88. The molecule has 0 radical (unpaired) electrons. The van der Waals surface area contributed by atoms with Gasteiger partial charge in [0.25, 0.3) is 12.0 Å². The smallest absolute Gasteiger partial charge is 0.310 e. The first-order valence-electron chi connectivity index (χ1n) is 4.81. The number of hydrogen-bond acceptors (Lipinski definition) is 3. The van der Waals surface area contributed by atoms with E-state index in [1.54, 1.807) is 6.92 Å². The van der Waals surface area contributed by atoms with Gasteiger partial charge >= 0.3 is 5.97 Å². The van der Waals surface area contributed by atoms with E-state index >= 15 is 0 Å². The summed E-state index contributed by atoms with van der Waals surface area (Å²) in [4.78, 5) is 24.2. The molecule has 7 heteroatoms. The second-order valence-corrected chi connectivity index (χ2v) is 3.58. The molecule has 17 heavy (non-hydrogen) atoms. The average Bonchev–Trinajstić information content (AvgIpc) is 2.23. The second-order valence-electron chi connectivity index (χ2n) is 3.17. The molecule has 0 bridgehead atoms. The number of carbonyl (C=O) groups excluding carboxylic acids is 1. The molecule has 1 heterocycles. The lowest BCUT2D eigenvalue weighted by molar-refractivity contribution is -0.142. The monoisotopic (exact) mass is 265 g/mol. The minimum Gasteiger partial charge on any atom is -0.466 e. The molecule has 0 unspecified atom stereocenters. The van der Waals surface area contributed by atoms with Crippen molar-refractivity contribution >= 4 is 17.6 Å². The van der Waals surface area contributed by atoms with E-state index < -0.39 is 23.6 Å². The van der Waals surface area contributed by atoms with Gasteiger partial charge in [-0.15, -0.1) is 0 Å². The molecular formula is C10H10ClF2NO3. The van der Waals surface area contributed by atoms with Gasteiger partial charge in [0.1, 0.15) is 5.02 Å². The summed E-state index contributed by atoms with van der Waals surface area (Å²) in [5, 5.41) is -0.242. The topological polar surface area (TPSA) is 59.2 Å². The van der Waals surface area contributed by atoms with Crippen LogP contribution in [0.1, 0.15) is 24.6 Å². The van der Waals surface area contributed by atoms with Crippen molar-refractivity contribution < 1.29 is 18.3 Å². The summed E-state index contributed by atoms with van der Waals surface area (Å²) < 4.78 is 29.9. The number of halogens is 3. The number of esters is 1. The van der Waals surface area contributed by atoms with E-state index in [2.05, 4.69) is 4.74 Å². The van der Waals surface area contributed by atoms with Crippen LogP contribution in [0.4, 0.5) is 8.78 Å².